The summed E-state index contributed by atoms with van der Waals surface area (Å²) in [6.45, 7) is 0. The molecule has 0 aliphatic rings. The molecule has 88 valence electrons. The number of aliphatic carboxylic acids is 1. The summed E-state index contributed by atoms with van der Waals surface area (Å²) in [5.74, 6) is -1.17. The van der Waals surface area contributed by atoms with Crippen LogP contribution in [-0.4, -0.2) is 41.8 Å². The number of carboxylic acid groups (broad SMARTS) is 1. The zero-order valence-corrected chi connectivity index (χ0v) is 9.31. The van der Waals surface area contributed by atoms with Gasteiger partial charge >= 0.3 is 5.97 Å². The summed E-state index contributed by atoms with van der Waals surface area (Å²) in [6, 6.07) is 0.319. The first-order valence-electron chi connectivity index (χ1n) is 4.31. The van der Waals surface area contributed by atoms with E-state index in [9.17, 15) is 13.2 Å². The van der Waals surface area contributed by atoms with E-state index in [4.69, 9.17) is 10.8 Å². The Kier molecular flexibility index (Phi) is 3.55. The number of nitrogens with two attached hydrogens (primary N) is 1. The summed E-state index contributed by atoms with van der Waals surface area (Å²) >= 11 is 0. The van der Waals surface area contributed by atoms with Gasteiger partial charge in [0.25, 0.3) is 0 Å². The van der Waals surface area contributed by atoms with Crippen LogP contribution < -0.4 is 5.73 Å². The highest BCUT2D eigenvalue weighted by Gasteiger charge is 2.16. The van der Waals surface area contributed by atoms with Gasteiger partial charge in [-0.25, -0.2) is 18.4 Å². The Morgan fingerprint density at radius 2 is 2.25 bits per heavy atom. The Labute approximate surface area is 92.3 Å². The lowest BCUT2D eigenvalue weighted by atomic mass is 10.2. The van der Waals surface area contributed by atoms with Gasteiger partial charge in [-0.3, -0.25) is 4.79 Å². The first-order chi connectivity index (χ1) is 7.30. The van der Waals surface area contributed by atoms with Crippen molar-refractivity contribution in [3.63, 3.8) is 0 Å². The van der Waals surface area contributed by atoms with E-state index in [1.807, 2.05) is 0 Å². The lowest BCUT2D eigenvalue weighted by molar-refractivity contribution is -0.138. The van der Waals surface area contributed by atoms with Crippen LogP contribution in [-0.2, 0) is 21.1 Å². The van der Waals surface area contributed by atoms with E-state index >= 15 is 0 Å². The average molecular weight is 245 g/mol. The van der Waals surface area contributed by atoms with Crippen LogP contribution in [0.5, 0.6) is 0 Å². The van der Waals surface area contributed by atoms with Gasteiger partial charge in [0, 0.05) is 24.6 Å². The maximum atomic E-state index is 11.1. The van der Waals surface area contributed by atoms with Crippen LogP contribution in [0.25, 0.3) is 0 Å². The third kappa shape index (κ3) is 3.24. The first kappa shape index (κ1) is 12.5. The Bertz CT molecular complexity index is 500. The molecule has 1 rings (SSSR count). The highest BCUT2D eigenvalue weighted by atomic mass is 32.2. The van der Waals surface area contributed by atoms with Crippen molar-refractivity contribution in [2.75, 3.05) is 6.26 Å². The average Bonchev–Trinajstić information content (AvgIpc) is 2.16. The lowest BCUT2D eigenvalue weighted by Crippen LogP contribution is -2.32. The van der Waals surface area contributed by atoms with Crippen LogP contribution >= 0.6 is 0 Å². The van der Waals surface area contributed by atoms with Crippen LogP contribution in [0.1, 0.15) is 5.69 Å². The molecule has 0 aliphatic carbocycles. The van der Waals surface area contributed by atoms with E-state index in [0.717, 1.165) is 6.26 Å². The van der Waals surface area contributed by atoms with Crippen LogP contribution in [0.2, 0.25) is 0 Å². The van der Waals surface area contributed by atoms with Gasteiger partial charge in [0.15, 0.2) is 0 Å². The zero-order valence-electron chi connectivity index (χ0n) is 8.49. The molecule has 3 N–H and O–H groups in total. The summed E-state index contributed by atoms with van der Waals surface area (Å²) in [5.41, 5.74) is 5.58. The molecule has 1 aromatic rings. The smallest absolute Gasteiger partial charge is 0.320 e. The lowest BCUT2D eigenvalue weighted by Gasteiger charge is -2.05. The molecule has 0 radical (unpaired) electrons. The number of nitrogens with zero attached hydrogens (tertiary/aromatic N) is 2. The number of hydrogen-bond acceptors (Lipinski definition) is 6. The molecule has 7 nitrogen and oxygen atoms in total. The summed E-state index contributed by atoms with van der Waals surface area (Å²) in [4.78, 5) is 17.8. The fourth-order valence-electron chi connectivity index (χ4n) is 0.981. The topological polar surface area (TPSA) is 123 Å². The second-order valence-electron chi connectivity index (χ2n) is 3.25. The Morgan fingerprint density at radius 1 is 1.62 bits per heavy atom. The fraction of sp³-hybridized carbons (Fsp3) is 0.375. The highest BCUT2D eigenvalue weighted by molar-refractivity contribution is 7.90. The van der Waals surface area contributed by atoms with Gasteiger partial charge < -0.3 is 10.8 Å². The van der Waals surface area contributed by atoms with E-state index in [0.29, 0.717) is 0 Å². The second kappa shape index (κ2) is 4.54. The van der Waals surface area contributed by atoms with Gasteiger partial charge in [-0.1, -0.05) is 0 Å². The van der Waals surface area contributed by atoms with Gasteiger partial charge in [-0.15, -0.1) is 0 Å². The molecule has 0 bridgehead atoms. The molecule has 0 saturated heterocycles. The molecule has 16 heavy (non-hydrogen) atoms. The van der Waals surface area contributed by atoms with Crippen LogP contribution in [0.3, 0.4) is 0 Å². The molecule has 8 heteroatoms. The third-order valence-corrected chi connectivity index (χ3v) is 2.63. The van der Waals surface area contributed by atoms with Crippen molar-refractivity contribution in [1.29, 1.82) is 0 Å². The van der Waals surface area contributed by atoms with Gasteiger partial charge in [-0.05, 0) is 6.07 Å². The predicted octanol–water partition coefficient (Wildman–Crippen LogP) is -1.17. The van der Waals surface area contributed by atoms with E-state index in [1.54, 1.807) is 0 Å². The predicted molar refractivity (Wildman–Crippen MR) is 54.5 cm³/mol. The van der Waals surface area contributed by atoms with Crippen molar-refractivity contribution < 1.29 is 18.3 Å². The SMILES string of the molecule is CS(=O)(=O)c1nccc(CC(N)C(=O)O)n1. The van der Waals surface area contributed by atoms with Crippen molar-refractivity contribution in [2.24, 2.45) is 5.73 Å². The molecule has 1 atom stereocenters. The molecule has 1 unspecified atom stereocenters. The van der Waals surface area contributed by atoms with Crippen LogP contribution in [0, 0.1) is 0 Å². The molecular weight excluding hydrogens is 234 g/mol. The molecular formula is C8H11N3O4S. The van der Waals surface area contributed by atoms with Gasteiger partial charge in [0.1, 0.15) is 6.04 Å². The zero-order chi connectivity index (χ0) is 12.3. The number of carbonyl (C=O) groups is 1. The van der Waals surface area contributed by atoms with Crippen molar-refractivity contribution in [2.45, 2.75) is 17.6 Å². The summed E-state index contributed by atoms with van der Waals surface area (Å²) in [7, 11) is -3.49. The molecule has 0 aliphatic heterocycles. The summed E-state index contributed by atoms with van der Waals surface area (Å²) < 4.78 is 22.3. The molecule has 1 aromatic heterocycles. The van der Waals surface area contributed by atoms with Crippen molar-refractivity contribution in [3.05, 3.63) is 18.0 Å². The Balaban J connectivity index is 2.96. The van der Waals surface area contributed by atoms with Gasteiger partial charge in [0.05, 0.1) is 0 Å². The van der Waals surface area contributed by atoms with Crippen LogP contribution in [0.15, 0.2) is 17.4 Å². The fourth-order valence-corrected chi connectivity index (χ4v) is 1.52. The Hall–Kier alpha value is -1.54. The molecule has 0 fully saturated rings. The van der Waals surface area contributed by atoms with E-state index in [-0.39, 0.29) is 17.3 Å². The number of rotatable bonds is 4. The Morgan fingerprint density at radius 3 is 2.75 bits per heavy atom. The molecule has 1 heterocycles. The van der Waals surface area contributed by atoms with Gasteiger partial charge in [0.2, 0.25) is 15.0 Å². The number of carboxylic acids is 1. The normalized spacial score (nSPS) is 13.4. The largest absolute Gasteiger partial charge is 0.480 e. The third-order valence-electron chi connectivity index (χ3n) is 1.77. The highest BCUT2D eigenvalue weighted by Crippen LogP contribution is 2.04. The molecule has 0 aromatic carbocycles. The maximum Gasteiger partial charge on any atom is 0.320 e. The summed E-state index contributed by atoms with van der Waals surface area (Å²) in [5, 5.41) is 8.25. The number of aromatic nitrogens is 2. The van der Waals surface area contributed by atoms with Crippen molar-refractivity contribution in [1.82, 2.24) is 9.97 Å². The first-order valence-corrected chi connectivity index (χ1v) is 6.20. The minimum Gasteiger partial charge on any atom is -0.480 e. The van der Waals surface area contributed by atoms with E-state index in [1.165, 1.54) is 12.3 Å². The minimum atomic E-state index is -3.49. The number of hydrogen-bond donors (Lipinski definition) is 2. The molecule has 0 saturated carbocycles. The van der Waals surface area contributed by atoms with Crippen LogP contribution in [0.4, 0.5) is 0 Å². The quantitative estimate of drug-likeness (QED) is 0.641. The standard InChI is InChI=1S/C8H11N3O4S/c1-16(14,15)8-10-3-2-5(11-8)4-6(9)7(12)13/h2-3,6H,4,9H2,1H3,(H,12,13). The van der Waals surface area contributed by atoms with Crippen molar-refractivity contribution >= 4 is 15.8 Å². The van der Waals surface area contributed by atoms with E-state index < -0.39 is 21.8 Å². The second-order valence-corrected chi connectivity index (χ2v) is 5.16. The molecule has 0 amide bonds. The van der Waals surface area contributed by atoms with Crippen molar-refractivity contribution in [3.8, 4) is 0 Å². The maximum absolute atomic E-state index is 11.1. The van der Waals surface area contributed by atoms with E-state index in [2.05, 4.69) is 9.97 Å². The number of sulfone groups is 1. The van der Waals surface area contributed by atoms with Gasteiger partial charge in [-0.2, -0.15) is 0 Å². The monoisotopic (exact) mass is 245 g/mol. The summed E-state index contributed by atoms with van der Waals surface area (Å²) in [6.07, 6.45) is 2.19. The minimum absolute atomic E-state index is 0.0413. The molecule has 0 spiro atoms.